The van der Waals surface area contributed by atoms with Crippen LogP contribution in [0.2, 0.25) is 0 Å². The third-order valence-electron chi connectivity index (χ3n) is 6.23. The van der Waals surface area contributed by atoms with E-state index in [1.165, 1.54) is 12.8 Å². The van der Waals surface area contributed by atoms with E-state index in [9.17, 15) is 9.90 Å². The van der Waals surface area contributed by atoms with Crippen LogP contribution in [0.15, 0.2) is 30.5 Å². The fraction of sp³-hybridized carbons (Fsp3) is 0.522. The average Bonchev–Trinajstić information content (AvgIpc) is 2.82. The molecule has 1 saturated heterocycles. The Morgan fingerprint density at radius 2 is 1.79 bits per heavy atom. The van der Waals surface area contributed by atoms with Gasteiger partial charge >= 0.3 is 0 Å². The normalized spacial score (nSPS) is 21.5. The molecule has 2 heterocycles. The van der Waals surface area contributed by atoms with Gasteiger partial charge in [-0.05, 0) is 57.0 Å². The van der Waals surface area contributed by atoms with Crippen LogP contribution in [0.4, 0.5) is 23.0 Å². The number of aliphatic hydroxyl groups excluding tert-OH is 1. The number of hydrogen-bond acceptors (Lipinski definition) is 9. The standard InChI is InChI=1S/C23H33N7O3/c1-29-11-13-30(14-12-29)18-7-3-17(4-8-18)26-22-21(23(32)28-33-2)24-15-20(27-22)25-16-5-9-19(31)10-6-16/h3-4,7-8,15-16,19,31H,5-6,9-14H2,1-2H3,(H,28,32)(H2,25,26,27). The van der Waals surface area contributed by atoms with Crippen molar-refractivity contribution in [1.82, 2.24) is 20.3 Å². The number of carbonyl (C=O) groups is 1. The Morgan fingerprint density at radius 1 is 1.09 bits per heavy atom. The number of nitrogens with zero attached hydrogens (tertiary/aromatic N) is 4. The molecule has 10 nitrogen and oxygen atoms in total. The third-order valence-corrected chi connectivity index (χ3v) is 6.23. The second kappa shape index (κ2) is 10.8. The van der Waals surface area contributed by atoms with Crippen LogP contribution >= 0.6 is 0 Å². The number of amides is 1. The molecule has 0 bridgehead atoms. The topological polar surface area (TPSA) is 115 Å². The number of hydroxylamine groups is 1. The Hall–Kier alpha value is -2.95. The predicted molar refractivity (Wildman–Crippen MR) is 128 cm³/mol. The van der Waals surface area contributed by atoms with E-state index in [1.54, 1.807) is 6.20 Å². The van der Waals surface area contributed by atoms with Crippen molar-refractivity contribution in [1.29, 1.82) is 0 Å². The molecule has 0 unspecified atom stereocenters. The summed E-state index contributed by atoms with van der Waals surface area (Å²) in [6, 6.07) is 8.33. The SMILES string of the molecule is CONC(=O)c1ncc(NC2CCC(O)CC2)nc1Nc1ccc(N2CCN(C)CC2)cc1. The number of hydrogen-bond donors (Lipinski definition) is 4. The number of nitrogens with one attached hydrogen (secondary N) is 3. The van der Waals surface area contributed by atoms with Crippen molar-refractivity contribution in [2.75, 3.05) is 55.9 Å². The summed E-state index contributed by atoms with van der Waals surface area (Å²) in [7, 11) is 3.52. The Kier molecular flexibility index (Phi) is 7.58. The average molecular weight is 456 g/mol. The molecule has 10 heteroatoms. The van der Waals surface area contributed by atoms with Crippen molar-refractivity contribution in [3.8, 4) is 0 Å². The highest BCUT2D eigenvalue weighted by Crippen LogP contribution is 2.25. The molecule has 2 aliphatic rings. The third kappa shape index (κ3) is 6.10. The summed E-state index contributed by atoms with van der Waals surface area (Å²) in [6.45, 7) is 4.10. The lowest BCUT2D eigenvalue weighted by atomic mass is 9.93. The Balaban J connectivity index is 1.49. The summed E-state index contributed by atoms with van der Waals surface area (Å²) in [5, 5.41) is 16.4. The minimum Gasteiger partial charge on any atom is -0.393 e. The number of anilines is 4. The quantitative estimate of drug-likeness (QED) is 0.465. The van der Waals surface area contributed by atoms with E-state index in [4.69, 9.17) is 4.84 Å². The number of likely N-dealkylation sites (N-methyl/N-ethyl adjacent to an activating group) is 1. The van der Waals surface area contributed by atoms with Gasteiger partial charge in [0.15, 0.2) is 11.5 Å². The molecular weight excluding hydrogens is 422 g/mol. The van der Waals surface area contributed by atoms with E-state index in [2.05, 4.69) is 55.1 Å². The first-order chi connectivity index (χ1) is 16.0. The van der Waals surface area contributed by atoms with Crippen molar-refractivity contribution in [3.63, 3.8) is 0 Å². The van der Waals surface area contributed by atoms with Crippen molar-refractivity contribution in [3.05, 3.63) is 36.2 Å². The summed E-state index contributed by atoms with van der Waals surface area (Å²) >= 11 is 0. The fourth-order valence-electron chi connectivity index (χ4n) is 4.24. The number of rotatable bonds is 7. The first kappa shape index (κ1) is 23.2. The second-order valence-electron chi connectivity index (χ2n) is 8.70. The van der Waals surface area contributed by atoms with Gasteiger partial charge in [-0.2, -0.15) is 0 Å². The maximum absolute atomic E-state index is 12.4. The van der Waals surface area contributed by atoms with Gasteiger partial charge < -0.3 is 25.5 Å². The first-order valence-electron chi connectivity index (χ1n) is 11.5. The highest BCUT2D eigenvalue weighted by Gasteiger charge is 2.21. The summed E-state index contributed by atoms with van der Waals surface area (Å²) in [5.74, 6) is 0.452. The van der Waals surface area contributed by atoms with Crippen LogP contribution < -0.4 is 21.0 Å². The van der Waals surface area contributed by atoms with Gasteiger partial charge in [-0.15, -0.1) is 0 Å². The zero-order valence-corrected chi connectivity index (χ0v) is 19.3. The molecule has 0 atom stereocenters. The Bertz CT molecular complexity index is 924. The maximum atomic E-state index is 12.4. The van der Waals surface area contributed by atoms with Crippen LogP contribution in [-0.2, 0) is 4.84 Å². The summed E-state index contributed by atoms with van der Waals surface area (Å²) in [4.78, 5) is 30.9. The summed E-state index contributed by atoms with van der Waals surface area (Å²) in [6.07, 6.45) is 4.60. The van der Waals surface area contributed by atoms with Crippen molar-refractivity contribution < 1.29 is 14.7 Å². The van der Waals surface area contributed by atoms with Gasteiger partial charge in [-0.3, -0.25) is 9.63 Å². The lowest BCUT2D eigenvalue weighted by Crippen LogP contribution is -2.44. The van der Waals surface area contributed by atoms with Crippen LogP contribution in [0.25, 0.3) is 0 Å². The van der Waals surface area contributed by atoms with E-state index >= 15 is 0 Å². The van der Waals surface area contributed by atoms with E-state index < -0.39 is 5.91 Å². The maximum Gasteiger partial charge on any atom is 0.297 e. The molecule has 1 aromatic heterocycles. The first-order valence-corrected chi connectivity index (χ1v) is 11.5. The predicted octanol–water partition coefficient (Wildman–Crippen LogP) is 1.98. The molecule has 0 radical (unpaired) electrons. The zero-order chi connectivity index (χ0) is 23.2. The van der Waals surface area contributed by atoms with E-state index in [0.29, 0.717) is 11.6 Å². The molecule has 1 aliphatic heterocycles. The number of aromatic nitrogens is 2. The van der Waals surface area contributed by atoms with E-state index in [-0.39, 0.29) is 17.8 Å². The van der Waals surface area contributed by atoms with Gasteiger partial charge in [0.25, 0.3) is 5.91 Å². The molecule has 1 aliphatic carbocycles. The molecule has 2 fully saturated rings. The Morgan fingerprint density at radius 3 is 2.45 bits per heavy atom. The number of benzene rings is 1. The van der Waals surface area contributed by atoms with Gasteiger partial charge in [0.05, 0.1) is 19.4 Å². The minimum atomic E-state index is -0.478. The van der Waals surface area contributed by atoms with Crippen LogP contribution in [-0.4, -0.2) is 78.4 Å². The molecule has 33 heavy (non-hydrogen) atoms. The molecule has 4 rings (SSSR count). The van der Waals surface area contributed by atoms with Crippen molar-refractivity contribution in [2.45, 2.75) is 37.8 Å². The number of aliphatic hydroxyl groups is 1. The molecule has 4 N–H and O–H groups in total. The summed E-state index contributed by atoms with van der Waals surface area (Å²) < 4.78 is 0. The van der Waals surface area contributed by atoms with Crippen molar-refractivity contribution in [2.24, 2.45) is 0 Å². The number of piperazine rings is 1. The van der Waals surface area contributed by atoms with Crippen LogP contribution in [0.1, 0.15) is 36.2 Å². The van der Waals surface area contributed by atoms with Gasteiger partial charge in [0, 0.05) is 43.6 Å². The minimum absolute atomic E-state index is 0.143. The van der Waals surface area contributed by atoms with Crippen LogP contribution in [0.5, 0.6) is 0 Å². The molecule has 1 aromatic carbocycles. The lowest BCUT2D eigenvalue weighted by molar-refractivity contribution is 0.0533. The van der Waals surface area contributed by atoms with E-state index in [1.807, 2.05) is 12.1 Å². The summed E-state index contributed by atoms with van der Waals surface area (Å²) in [5.41, 5.74) is 4.44. The van der Waals surface area contributed by atoms with Crippen molar-refractivity contribution >= 4 is 28.9 Å². The molecule has 1 saturated carbocycles. The highest BCUT2D eigenvalue weighted by molar-refractivity contribution is 5.97. The Labute approximate surface area is 194 Å². The molecule has 2 aromatic rings. The largest absolute Gasteiger partial charge is 0.393 e. The molecule has 178 valence electrons. The lowest BCUT2D eigenvalue weighted by Gasteiger charge is -2.34. The monoisotopic (exact) mass is 455 g/mol. The molecule has 1 amide bonds. The smallest absolute Gasteiger partial charge is 0.297 e. The second-order valence-corrected chi connectivity index (χ2v) is 8.70. The van der Waals surface area contributed by atoms with Gasteiger partial charge in [-0.1, -0.05) is 0 Å². The number of carbonyl (C=O) groups excluding carboxylic acids is 1. The van der Waals surface area contributed by atoms with Crippen LogP contribution in [0, 0.1) is 0 Å². The fourth-order valence-corrected chi connectivity index (χ4v) is 4.24. The van der Waals surface area contributed by atoms with Gasteiger partial charge in [-0.25, -0.2) is 15.4 Å². The van der Waals surface area contributed by atoms with E-state index in [0.717, 1.165) is 57.5 Å². The highest BCUT2D eigenvalue weighted by atomic mass is 16.6. The molecular formula is C23H33N7O3. The zero-order valence-electron chi connectivity index (χ0n) is 19.3. The van der Waals surface area contributed by atoms with Gasteiger partial charge in [0.1, 0.15) is 5.82 Å². The van der Waals surface area contributed by atoms with Gasteiger partial charge in [0.2, 0.25) is 0 Å². The van der Waals surface area contributed by atoms with Crippen LogP contribution in [0.3, 0.4) is 0 Å². The molecule has 0 spiro atoms.